The first-order chi connectivity index (χ1) is 12.7. The maximum Gasteiger partial charge on any atom is 0.408 e. The van der Waals surface area contributed by atoms with Crippen molar-refractivity contribution in [1.29, 1.82) is 0 Å². The number of benzene rings is 2. The normalized spacial score (nSPS) is 12.0. The van der Waals surface area contributed by atoms with Crippen molar-refractivity contribution in [1.82, 2.24) is 10.7 Å². The lowest BCUT2D eigenvalue weighted by molar-refractivity contribution is -0.122. The highest BCUT2D eigenvalue weighted by Crippen LogP contribution is 2.25. The number of carbonyl (C=O) groups is 2. The Kier molecular flexibility index (Phi) is 6.93. The Morgan fingerprint density at radius 3 is 2.33 bits per heavy atom. The van der Waals surface area contributed by atoms with Gasteiger partial charge in [0.05, 0.1) is 10.7 Å². The second-order valence-electron chi connectivity index (χ2n) is 6.73. The summed E-state index contributed by atoms with van der Waals surface area (Å²) in [5, 5.41) is 3.43. The first kappa shape index (κ1) is 20.9. The highest BCUT2D eigenvalue weighted by Gasteiger charge is 2.25. The van der Waals surface area contributed by atoms with Crippen LogP contribution in [0.5, 0.6) is 0 Å². The molecule has 1 atom stereocenters. The SMILES string of the molecule is CC(C)(C)OC(=O)NC(C(=O)NNc1cc(Cl)ccc1Cl)c1ccccc1. The Labute approximate surface area is 168 Å². The first-order valence-corrected chi connectivity index (χ1v) is 8.97. The molecule has 1 unspecified atom stereocenters. The minimum atomic E-state index is -0.966. The van der Waals surface area contributed by atoms with Crippen LogP contribution in [0.2, 0.25) is 10.0 Å². The summed E-state index contributed by atoms with van der Waals surface area (Å²) in [6, 6.07) is 12.7. The molecule has 8 heteroatoms. The largest absolute Gasteiger partial charge is 0.444 e. The maximum absolute atomic E-state index is 12.7. The van der Waals surface area contributed by atoms with Gasteiger partial charge < -0.3 is 10.1 Å². The quantitative estimate of drug-likeness (QED) is 0.625. The van der Waals surface area contributed by atoms with Crippen LogP contribution < -0.4 is 16.2 Å². The average Bonchev–Trinajstić information content (AvgIpc) is 2.59. The number of hydrogen-bond donors (Lipinski definition) is 3. The number of nitrogens with one attached hydrogen (secondary N) is 3. The van der Waals surface area contributed by atoms with Crippen LogP contribution >= 0.6 is 23.2 Å². The number of ether oxygens (including phenoxy) is 1. The molecule has 0 fully saturated rings. The van der Waals surface area contributed by atoms with Crippen molar-refractivity contribution in [2.24, 2.45) is 0 Å². The van der Waals surface area contributed by atoms with Gasteiger partial charge in [-0.25, -0.2) is 4.79 Å². The summed E-state index contributed by atoms with van der Waals surface area (Å²) < 4.78 is 5.25. The van der Waals surface area contributed by atoms with Crippen molar-refractivity contribution >= 4 is 40.9 Å². The van der Waals surface area contributed by atoms with Crippen molar-refractivity contribution < 1.29 is 14.3 Å². The lowest BCUT2D eigenvalue weighted by atomic mass is 10.1. The van der Waals surface area contributed by atoms with Crippen molar-refractivity contribution in [2.45, 2.75) is 32.4 Å². The Morgan fingerprint density at radius 2 is 1.70 bits per heavy atom. The van der Waals surface area contributed by atoms with E-state index in [1.165, 1.54) is 0 Å². The van der Waals surface area contributed by atoms with Gasteiger partial charge in [0, 0.05) is 5.02 Å². The lowest BCUT2D eigenvalue weighted by Crippen LogP contribution is -2.44. The van der Waals surface area contributed by atoms with Gasteiger partial charge in [-0.3, -0.25) is 15.6 Å². The molecule has 0 radical (unpaired) electrons. The zero-order valence-electron chi connectivity index (χ0n) is 15.2. The molecule has 0 aliphatic carbocycles. The molecule has 2 rings (SSSR count). The van der Waals surface area contributed by atoms with Gasteiger partial charge in [0.25, 0.3) is 5.91 Å². The second kappa shape index (κ2) is 8.97. The molecule has 0 aromatic heterocycles. The summed E-state index contributed by atoms with van der Waals surface area (Å²) in [5.74, 6) is -0.497. The van der Waals surface area contributed by atoms with Gasteiger partial charge in [-0.15, -0.1) is 0 Å². The summed E-state index contributed by atoms with van der Waals surface area (Å²) in [6.07, 6.45) is -0.702. The minimum absolute atomic E-state index is 0.385. The fraction of sp³-hybridized carbons (Fsp3) is 0.263. The van der Waals surface area contributed by atoms with E-state index in [4.69, 9.17) is 27.9 Å². The van der Waals surface area contributed by atoms with E-state index in [1.54, 1.807) is 63.2 Å². The predicted octanol–water partition coefficient (Wildman–Crippen LogP) is 4.70. The van der Waals surface area contributed by atoms with Gasteiger partial charge in [-0.05, 0) is 44.5 Å². The summed E-state index contributed by atoms with van der Waals surface area (Å²) in [5.41, 5.74) is 5.59. The molecule has 0 spiro atoms. The fourth-order valence-corrected chi connectivity index (χ4v) is 2.50. The van der Waals surface area contributed by atoms with Crippen molar-refractivity contribution in [2.75, 3.05) is 5.43 Å². The zero-order valence-corrected chi connectivity index (χ0v) is 16.7. The third-order valence-electron chi connectivity index (χ3n) is 3.30. The van der Waals surface area contributed by atoms with Gasteiger partial charge in [-0.2, -0.15) is 0 Å². The Hall–Kier alpha value is -2.44. The summed E-state index contributed by atoms with van der Waals surface area (Å²) in [6.45, 7) is 5.23. The Morgan fingerprint density at radius 1 is 1.04 bits per heavy atom. The van der Waals surface area contributed by atoms with Crippen LogP contribution in [-0.2, 0) is 9.53 Å². The number of amides is 2. The standard InChI is InChI=1S/C19H21Cl2N3O3/c1-19(2,3)27-18(26)22-16(12-7-5-4-6-8-12)17(25)24-23-15-11-13(20)9-10-14(15)21/h4-11,16,23H,1-3H3,(H,22,26)(H,24,25). The molecule has 0 bridgehead atoms. The van der Waals surface area contributed by atoms with Gasteiger partial charge in [-0.1, -0.05) is 53.5 Å². The maximum atomic E-state index is 12.7. The van der Waals surface area contributed by atoms with E-state index >= 15 is 0 Å². The van der Waals surface area contributed by atoms with Crippen LogP contribution in [0, 0.1) is 0 Å². The number of hydrazine groups is 1. The van der Waals surface area contributed by atoms with Gasteiger partial charge in [0.1, 0.15) is 11.6 Å². The molecule has 144 valence electrons. The third-order valence-corrected chi connectivity index (χ3v) is 3.87. The van der Waals surface area contributed by atoms with E-state index < -0.39 is 23.6 Å². The van der Waals surface area contributed by atoms with Crippen molar-refractivity contribution in [3.05, 3.63) is 64.1 Å². The number of alkyl carbamates (subject to hydrolysis) is 1. The summed E-state index contributed by atoms with van der Waals surface area (Å²) >= 11 is 12.0. The number of carbonyl (C=O) groups excluding carboxylic acids is 2. The molecule has 27 heavy (non-hydrogen) atoms. The van der Waals surface area contributed by atoms with E-state index in [0.29, 0.717) is 21.3 Å². The summed E-state index contributed by atoms with van der Waals surface area (Å²) in [4.78, 5) is 24.8. The zero-order chi connectivity index (χ0) is 20.0. The Bertz CT molecular complexity index is 808. The molecule has 0 saturated heterocycles. The molecule has 0 heterocycles. The van der Waals surface area contributed by atoms with E-state index in [9.17, 15) is 9.59 Å². The van der Waals surface area contributed by atoms with Crippen LogP contribution in [0.1, 0.15) is 32.4 Å². The fourth-order valence-electron chi connectivity index (χ4n) is 2.17. The van der Waals surface area contributed by atoms with Crippen LogP contribution in [0.25, 0.3) is 0 Å². The molecule has 2 amide bonds. The van der Waals surface area contributed by atoms with Crippen LogP contribution in [-0.4, -0.2) is 17.6 Å². The predicted molar refractivity (Wildman–Crippen MR) is 107 cm³/mol. The minimum Gasteiger partial charge on any atom is -0.444 e. The summed E-state index contributed by atoms with van der Waals surface area (Å²) in [7, 11) is 0. The van der Waals surface area contributed by atoms with Crippen LogP contribution in [0.4, 0.5) is 10.5 Å². The highest BCUT2D eigenvalue weighted by atomic mass is 35.5. The third kappa shape index (κ3) is 6.66. The van der Waals surface area contributed by atoms with Crippen molar-refractivity contribution in [3.63, 3.8) is 0 Å². The van der Waals surface area contributed by atoms with E-state index in [0.717, 1.165) is 0 Å². The molecule has 2 aromatic carbocycles. The van der Waals surface area contributed by atoms with Crippen LogP contribution in [0.15, 0.2) is 48.5 Å². The molecular formula is C19H21Cl2N3O3. The molecule has 0 saturated carbocycles. The van der Waals surface area contributed by atoms with Gasteiger partial charge >= 0.3 is 6.09 Å². The molecular weight excluding hydrogens is 389 g/mol. The topological polar surface area (TPSA) is 79.5 Å². The van der Waals surface area contributed by atoms with Gasteiger partial charge in [0.15, 0.2) is 0 Å². The highest BCUT2D eigenvalue weighted by molar-refractivity contribution is 6.35. The molecule has 6 nitrogen and oxygen atoms in total. The van der Waals surface area contributed by atoms with Crippen molar-refractivity contribution in [3.8, 4) is 0 Å². The molecule has 0 aliphatic rings. The number of halogens is 2. The molecule has 3 N–H and O–H groups in total. The lowest BCUT2D eigenvalue weighted by Gasteiger charge is -2.24. The molecule has 0 aliphatic heterocycles. The second-order valence-corrected chi connectivity index (χ2v) is 7.57. The number of rotatable bonds is 5. The van der Waals surface area contributed by atoms with E-state index in [2.05, 4.69) is 16.2 Å². The number of hydrogen-bond acceptors (Lipinski definition) is 4. The smallest absolute Gasteiger partial charge is 0.408 e. The monoisotopic (exact) mass is 409 g/mol. The average molecular weight is 410 g/mol. The van der Waals surface area contributed by atoms with E-state index in [1.807, 2.05) is 6.07 Å². The van der Waals surface area contributed by atoms with E-state index in [-0.39, 0.29) is 0 Å². The van der Waals surface area contributed by atoms with Crippen LogP contribution in [0.3, 0.4) is 0 Å². The van der Waals surface area contributed by atoms with Gasteiger partial charge in [0.2, 0.25) is 0 Å². The number of anilines is 1. The Balaban J connectivity index is 2.13. The molecule has 2 aromatic rings. The first-order valence-electron chi connectivity index (χ1n) is 8.21.